The van der Waals surface area contributed by atoms with Crippen molar-refractivity contribution < 1.29 is 5.11 Å². The lowest BCUT2D eigenvalue weighted by Gasteiger charge is -2.34. The van der Waals surface area contributed by atoms with Crippen LogP contribution in [0.4, 0.5) is 0 Å². The fourth-order valence-corrected chi connectivity index (χ4v) is 4.82. The summed E-state index contributed by atoms with van der Waals surface area (Å²) in [5, 5.41) is 11.9. The van der Waals surface area contributed by atoms with Gasteiger partial charge in [-0.25, -0.2) is 0 Å². The third-order valence-electron chi connectivity index (χ3n) is 5.68. The van der Waals surface area contributed by atoms with Crippen molar-refractivity contribution in [1.29, 1.82) is 0 Å². The molecule has 1 N–H and O–H groups in total. The number of hydrogen-bond donors (Lipinski definition) is 1. The van der Waals surface area contributed by atoms with Crippen molar-refractivity contribution in [3.8, 4) is 0 Å². The second-order valence-corrected chi connectivity index (χ2v) is 8.81. The molecule has 0 radical (unpaired) electrons. The molecule has 1 aromatic rings. The Morgan fingerprint density at radius 2 is 1.71 bits per heavy atom. The fourth-order valence-electron chi connectivity index (χ4n) is 3.58. The summed E-state index contributed by atoms with van der Waals surface area (Å²) in [6.07, 6.45) is 6.88. The Hall–Kier alpha value is -0.510. The molecule has 0 amide bonds. The van der Waals surface area contributed by atoms with Crippen LogP contribution in [-0.4, -0.2) is 34.9 Å². The van der Waals surface area contributed by atoms with Gasteiger partial charge in [0.25, 0.3) is 0 Å². The summed E-state index contributed by atoms with van der Waals surface area (Å²) >= 11 is 2.02. The van der Waals surface area contributed by atoms with Crippen LogP contribution < -0.4 is 0 Å². The van der Waals surface area contributed by atoms with Gasteiger partial charge in [0.15, 0.2) is 0 Å². The van der Waals surface area contributed by atoms with Gasteiger partial charge in [0.05, 0.1) is 5.60 Å². The number of rotatable bonds is 8. The molecule has 3 heteroatoms. The van der Waals surface area contributed by atoms with E-state index in [-0.39, 0.29) is 5.92 Å². The molecule has 0 aliphatic heterocycles. The average Bonchev–Trinajstić information content (AvgIpc) is 2.60. The number of nitrogens with zero attached hydrogens (tertiary/aromatic N) is 1. The van der Waals surface area contributed by atoms with Gasteiger partial charge in [0.2, 0.25) is 0 Å². The average molecular weight is 350 g/mol. The first kappa shape index (κ1) is 19.8. The highest BCUT2D eigenvalue weighted by Gasteiger charge is 2.31. The smallest absolute Gasteiger partial charge is 0.0906 e. The van der Waals surface area contributed by atoms with E-state index in [4.69, 9.17) is 0 Å². The molecular formula is C21H35NOS. The molecule has 0 saturated heterocycles. The van der Waals surface area contributed by atoms with Crippen molar-refractivity contribution in [3.63, 3.8) is 0 Å². The number of benzene rings is 1. The predicted molar refractivity (Wildman–Crippen MR) is 106 cm³/mol. The molecular weight excluding hydrogens is 314 g/mol. The van der Waals surface area contributed by atoms with Crippen LogP contribution in [0.15, 0.2) is 29.2 Å². The number of thioether (sulfide) groups is 1. The zero-order valence-corrected chi connectivity index (χ0v) is 16.7. The molecule has 2 nitrogen and oxygen atoms in total. The van der Waals surface area contributed by atoms with E-state index in [1.165, 1.54) is 37.0 Å². The standard InChI is InChI=1S/C21H35NOS/c1-5-22(6-2)16-17(3)21(4,23)18-12-14-20(15-13-18)24-19-10-8-7-9-11-19/h12-15,17,19,23H,5-11,16H2,1-4H3. The molecule has 0 aromatic heterocycles. The second-order valence-electron chi connectivity index (χ2n) is 7.44. The molecule has 0 spiro atoms. The Balaban J connectivity index is 1.99. The summed E-state index contributed by atoms with van der Waals surface area (Å²) in [7, 11) is 0. The van der Waals surface area contributed by atoms with Gasteiger partial charge in [-0.15, -0.1) is 11.8 Å². The maximum absolute atomic E-state index is 11.1. The molecule has 2 unspecified atom stereocenters. The van der Waals surface area contributed by atoms with Gasteiger partial charge in [-0.2, -0.15) is 0 Å². The highest BCUT2D eigenvalue weighted by atomic mass is 32.2. The van der Waals surface area contributed by atoms with Crippen molar-refractivity contribution in [1.82, 2.24) is 4.90 Å². The van der Waals surface area contributed by atoms with Crippen LogP contribution in [0, 0.1) is 5.92 Å². The first-order valence-electron chi connectivity index (χ1n) is 9.69. The van der Waals surface area contributed by atoms with Crippen molar-refractivity contribution in [3.05, 3.63) is 29.8 Å². The maximum atomic E-state index is 11.1. The van der Waals surface area contributed by atoms with Crippen LogP contribution in [0.25, 0.3) is 0 Å². The lowest BCUT2D eigenvalue weighted by Crippen LogP contribution is -2.39. The summed E-state index contributed by atoms with van der Waals surface area (Å²) < 4.78 is 0. The van der Waals surface area contributed by atoms with Gasteiger partial charge in [0.1, 0.15) is 0 Å². The summed E-state index contributed by atoms with van der Waals surface area (Å²) in [5.41, 5.74) is 0.256. The summed E-state index contributed by atoms with van der Waals surface area (Å²) in [5.74, 6) is 0.203. The van der Waals surface area contributed by atoms with Gasteiger partial charge in [0, 0.05) is 22.6 Å². The molecule has 1 fully saturated rings. The largest absolute Gasteiger partial charge is 0.385 e. The molecule has 1 saturated carbocycles. The van der Waals surface area contributed by atoms with Crippen molar-refractivity contribution >= 4 is 11.8 Å². The quantitative estimate of drug-likeness (QED) is 0.689. The molecule has 1 aliphatic carbocycles. The highest BCUT2D eigenvalue weighted by Crippen LogP contribution is 2.35. The van der Waals surface area contributed by atoms with Crippen molar-refractivity contribution in [2.45, 2.75) is 75.5 Å². The fraction of sp³-hybridized carbons (Fsp3) is 0.714. The highest BCUT2D eigenvalue weighted by molar-refractivity contribution is 8.00. The van der Waals surface area contributed by atoms with E-state index in [0.717, 1.165) is 30.4 Å². The van der Waals surface area contributed by atoms with Gasteiger partial charge in [-0.1, -0.05) is 52.2 Å². The minimum atomic E-state index is -0.781. The van der Waals surface area contributed by atoms with Crippen LogP contribution in [-0.2, 0) is 5.60 Å². The number of aliphatic hydroxyl groups is 1. The lowest BCUT2D eigenvalue weighted by atomic mass is 9.83. The summed E-state index contributed by atoms with van der Waals surface area (Å²) in [6.45, 7) is 11.5. The molecule has 1 aromatic carbocycles. The first-order valence-corrected chi connectivity index (χ1v) is 10.6. The molecule has 2 rings (SSSR count). The topological polar surface area (TPSA) is 23.5 Å². The van der Waals surface area contributed by atoms with Gasteiger partial charge in [-0.3, -0.25) is 0 Å². The minimum absolute atomic E-state index is 0.203. The van der Waals surface area contributed by atoms with Crippen LogP contribution in [0.2, 0.25) is 0 Å². The van der Waals surface area contributed by atoms with E-state index in [2.05, 4.69) is 49.9 Å². The first-order chi connectivity index (χ1) is 11.5. The number of hydrogen-bond acceptors (Lipinski definition) is 3. The molecule has 136 valence electrons. The molecule has 2 atom stereocenters. The van der Waals surface area contributed by atoms with Crippen molar-refractivity contribution in [2.24, 2.45) is 5.92 Å². The zero-order valence-electron chi connectivity index (χ0n) is 15.9. The van der Waals surface area contributed by atoms with E-state index < -0.39 is 5.60 Å². The molecule has 1 aliphatic rings. The van der Waals surface area contributed by atoms with E-state index in [1.54, 1.807) is 0 Å². The third-order valence-corrected chi connectivity index (χ3v) is 7.03. The van der Waals surface area contributed by atoms with E-state index in [9.17, 15) is 5.11 Å². The Morgan fingerprint density at radius 1 is 1.12 bits per heavy atom. The van der Waals surface area contributed by atoms with Crippen LogP contribution in [0.3, 0.4) is 0 Å². The Labute approximate surface area is 153 Å². The Kier molecular flexibility index (Phi) is 7.64. The van der Waals surface area contributed by atoms with E-state index in [1.807, 2.05) is 18.7 Å². The lowest BCUT2D eigenvalue weighted by molar-refractivity contribution is -0.0119. The normalized spacial score (nSPS) is 20.1. The molecule has 24 heavy (non-hydrogen) atoms. The van der Waals surface area contributed by atoms with Crippen LogP contribution in [0.1, 0.15) is 65.4 Å². The van der Waals surface area contributed by atoms with E-state index >= 15 is 0 Å². The van der Waals surface area contributed by atoms with Crippen LogP contribution in [0.5, 0.6) is 0 Å². The Morgan fingerprint density at radius 3 is 2.25 bits per heavy atom. The maximum Gasteiger partial charge on any atom is 0.0906 e. The summed E-state index contributed by atoms with van der Waals surface area (Å²) in [4.78, 5) is 3.73. The van der Waals surface area contributed by atoms with Gasteiger partial charge < -0.3 is 10.0 Å². The summed E-state index contributed by atoms with van der Waals surface area (Å²) in [6, 6.07) is 8.66. The van der Waals surface area contributed by atoms with Gasteiger partial charge >= 0.3 is 0 Å². The van der Waals surface area contributed by atoms with E-state index in [0.29, 0.717) is 0 Å². The molecule has 0 heterocycles. The third kappa shape index (κ3) is 5.24. The van der Waals surface area contributed by atoms with Crippen LogP contribution >= 0.6 is 11.8 Å². The Bertz CT molecular complexity index is 475. The minimum Gasteiger partial charge on any atom is -0.385 e. The zero-order chi connectivity index (χ0) is 17.6. The second kappa shape index (κ2) is 9.26. The van der Waals surface area contributed by atoms with Gasteiger partial charge in [-0.05, 0) is 50.6 Å². The predicted octanol–water partition coefficient (Wildman–Crippen LogP) is 5.30. The van der Waals surface area contributed by atoms with Crippen molar-refractivity contribution in [2.75, 3.05) is 19.6 Å². The SMILES string of the molecule is CCN(CC)CC(C)C(C)(O)c1ccc(SC2CCCCC2)cc1. The monoisotopic (exact) mass is 349 g/mol. The molecule has 0 bridgehead atoms.